The van der Waals surface area contributed by atoms with Crippen molar-refractivity contribution in [3.05, 3.63) is 52.1 Å². The highest BCUT2D eigenvalue weighted by Crippen LogP contribution is 2.28. The van der Waals surface area contributed by atoms with Crippen LogP contribution >= 0.6 is 15.9 Å². The van der Waals surface area contributed by atoms with Gasteiger partial charge in [-0.1, -0.05) is 22.0 Å². The molecule has 0 bridgehead atoms. The second kappa shape index (κ2) is 5.31. The van der Waals surface area contributed by atoms with Crippen LogP contribution in [-0.4, -0.2) is 10.8 Å². The van der Waals surface area contributed by atoms with Crippen molar-refractivity contribution in [1.82, 2.24) is 4.98 Å². The second-order valence-electron chi connectivity index (χ2n) is 3.58. The topological polar surface area (TPSA) is 72.0 Å². The maximum Gasteiger partial charge on any atom is 0.220 e. The van der Waals surface area contributed by atoms with Crippen molar-refractivity contribution in [3.8, 4) is 11.6 Å². The van der Waals surface area contributed by atoms with E-state index in [1.807, 2.05) is 0 Å². The Morgan fingerprint density at radius 3 is 2.74 bits per heavy atom. The predicted molar refractivity (Wildman–Crippen MR) is 69.4 cm³/mol. The molecule has 7 heteroatoms. The minimum absolute atomic E-state index is 0.0177. The molecule has 19 heavy (non-hydrogen) atoms. The molecule has 4 nitrogen and oxygen atoms in total. The second-order valence-corrected chi connectivity index (χ2v) is 4.49. The molecule has 0 aliphatic heterocycles. The van der Waals surface area contributed by atoms with Crippen LogP contribution < -0.4 is 10.5 Å². The van der Waals surface area contributed by atoms with Gasteiger partial charge in [0.1, 0.15) is 11.5 Å². The van der Waals surface area contributed by atoms with Gasteiger partial charge in [0.15, 0.2) is 11.6 Å². The monoisotopic (exact) mass is 327 g/mol. The Morgan fingerprint density at radius 2 is 2.05 bits per heavy atom. The fourth-order valence-corrected chi connectivity index (χ4v) is 1.75. The van der Waals surface area contributed by atoms with E-state index in [1.54, 1.807) is 6.07 Å². The fourth-order valence-electron chi connectivity index (χ4n) is 1.34. The molecule has 98 valence electrons. The molecule has 0 unspecified atom stereocenters. The molecule has 0 aliphatic carbocycles. The summed E-state index contributed by atoms with van der Waals surface area (Å²) < 4.78 is 32.2. The highest BCUT2D eigenvalue weighted by Gasteiger charge is 2.13. The smallest absolute Gasteiger partial charge is 0.220 e. The van der Waals surface area contributed by atoms with E-state index in [1.165, 1.54) is 18.2 Å². The SMILES string of the molecule is N=C(N)c1cccc(Oc2cc(Br)cc(F)c2F)n1. The molecule has 3 N–H and O–H groups in total. The fraction of sp³-hybridized carbons (Fsp3) is 0. The standard InChI is InChI=1S/C12H8BrF2N3O/c13-6-4-7(14)11(15)9(5-6)19-10-3-1-2-8(18-10)12(16)17/h1-5H,(H3,16,17). The van der Waals surface area contributed by atoms with Gasteiger partial charge in [-0.15, -0.1) is 0 Å². The number of aromatic nitrogens is 1. The van der Waals surface area contributed by atoms with Crippen molar-refractivity contribution in [2.75, 3.05) is 0 Å². The third kappa shape index (κ3) is 3.05. The van der Waals surface area contributed by atoms with Gasteiger partial charge in [0.05, 0.1) is 0 Å². The van der Waals surface area contributed by atoms with Crippen LogP contribution in [0.3, 0.4) is 0 Å². The molecule has 0 spiro atoms. The Kier molecular flexibility index (Phi) is 3.75. The molecular formula is C12H8BrF2N3O. The molecule has 0 atom stereocenters. The summed E-state index contributed by atoms with van der Waals surface area (Å²) in [7, 11) is 0. The van der Waals surface area contributed by atoms with Crippen molar-refractivity contribution >= 4 is 21.8 Å². The number of halogens is 3. The van der Waals surface area contributed by atoms with E-state index in [4.69, 9.17) is 15.9 Å². The quantitative estimate of drug-likeness (QED) is 0.516. The summed E-state index contributed by atoms with van der Waals surface area (Å²) >= 11 is 3.04. The van der Waals surface area contributed by atoms with Gasteiger partial charge in [-0.3, -0.25) is 5.41 Å². The Morgan fingerprint density at radius 1 is 1.32 bits per heavy atom. The van der Waals surface area contributed by atoms with Gasteiger partial charge in [-0.25, -0.2) is 9.37 Å². The number of nitrogen functional groups attached to an aromatic ring is 1. The van der Waals surface area contributed by atoms with Crippen LogP contribution in [0.1, 0.15) is 5.69 Å². The van der Waals surface area contributed by atoms with Crippen molar-refractivity contribution < 1.29 is 13.5 Å². The molecule has 2 rings (SSSR count). The normalized spacial score (nSPS) is 10.3. The lowest BCUT2D eigenvalue weighted by atomic mass is 10.3. The predicted octanol–water partition coefficient (Wildman–Crippen LogP) is 3.20. The van der Waals surface area contributed by atoms with Crippen LogP contribution in [0.5, 0.6) is 11.6 Å². The highest BCUT2D eigenvalue weighted by atomic mass is 79.9. The first kappa shape index (κ1) is 13.4. The van der Waals surface area contributed by atoms with E-state index in [2.05, 4.69) is 20.9 Å². The molecule has 1 heterocycles. The number of rotatable bonds is 3. The van der Waals surface area contributed by atoms with E-state index in [0.717, 1.165) is 6.07 Å². The third-order valence-electron chi connectivity index (χ3n) is 2.17. The molecule has 0 saturated heterocycles. The number of pyridine rings is 1. The summed E-state index contributed by atoms with van der Waals surface area (Å²) in [5.74, 6) is -2.68. The average Bonchev–Trinajstić information content (AvgIpc) is 2.35. The summed E-state index contributed by atoms with van der Waals surface area (Å²) in [6, 6.07) is 6.77. The first-order valence-corrected chi connectivity index (χ1v) is 5.90. The lowest BCUT2D eigenvalue weighted by molar-refractivity contribution is 0.404. The molecule has 0 saturated carbocycles. The Labute approximate surface area is 115 Å². The molecule has 0 fully saturated rings. The number of nitrogens with zero attached hydrogens (tertiary/aromatic N) is 1. The van der Waals surface area contributed by atoms with Crippen molar-refractivity contribution in [2.24, 2.45) is 5.73 Å². The van der Waals surface area contributed by atoms with Gasteiger partial charge in [0.2, 0.25) is 11.7 Å². The van der Waals surface area contributed by atoms with Gasteiger partial charge in [0.25, 0.3) is 0 Å². The van der Waals surface area contributed by atoms with Crippen LogP contribution in [0, 0.1) is 17.0 Å². The summed E-state index contributed by atoms with van der Waals surface area (Å²) in [6.07, 6.45) is 0. The zero-order valence-corrected chi connectivity index (χ0v) is 11.0. The van der Waals surface area contributed by atoms with Crippen molar-refractivity contribution in [2.45, 2.75) is 0 Å². The number of ether oxygens (including phenoxy) is 1. The maximum absolute atomic E-state index is 13.5. The van der Waals surface area contributed by atoms with E-state index < -0.39 is 11.6 Å². The average molecular weight is 328 g/mol. The lowest BCUT2D eigenvalue weighted by Gasteiger charge is -2.08. The Hall–Kier alpha value is -2.02. The van der Waals surface area contributed by atoms with Gasteiger partial charge in [-0.2, -0.15) is 4.39 Å². The number of benzene rings is 1. The molecule has 0 amide bonds. The largest absolute Gasteiger partial charge is 0.436 e. The van der Waals surface area contributed by atoms with Crippen LogP contribution in [0.25, 0.3) is 0 Å². The first-order valence-electron chi connectivity index (χ1n) is 5.11. The van der Waals surface area contributed by atoms with E-state index in [-0.39, 0.29) is 23.2 Å². The van der Waals surface area contributed by atoms with Gasteiger partial charge >= 0.3 is 0 Å². The molecule has 1 aromatic carbocycles. The number of nitrogens with one attached hydrogen (secondary N) is 1. The van der Waals surface area contributed by atoms with Gasteiger partial charge in [-0.05, 0) is 18.2 Å². The van der Waals surface area contributed by atoms with Crippen LogP contribution in [-0.2, 0) is 0 Å². The zero-order valence-electron chi connectivity index (χ0n) is 9.45. The summed E-state index contributed by atoms with van der Waals surface area (Å²) in [4.78, 5) is 3.89. The van der Waals surface area contributed by atoms with Crippen LogP contribution in [0.15, 0.2) is 34.8 Å². The van der Waals surface area contributed by atoms with Gasteiger partial charge < -0.3 is 10.5 Å². The van der Waals surface area contributed by atoms with E-state index in [0.29, 0.717) is 4.47 Å². The van der Waals surface area contributed by atoms with Gasteiger partial charge in [0, 0.05) is 10.5 Å². The summed E-state index contributed by atoms with van der Waals surface area (Å²) in [5, 5.41) is 7.24. The molecule has 1 aromatic heterocycles. The minimum atomic E-state index is -1.11. The van der Waals surface area contributed by atoms with E-state index in [9.17, 15) is 8.78 Å². The number of amidine groups is 1. The molecule has 2 aromatic rings. The maximum atomic E-state index is 13.5. The summed E-state index contributed by atoms with van der Waals surface area (Å²) in [5.41, 5.74) is 5.47. The molecule has 0 radical (unpaired) electrons. The van der Waals surface area contributed by atoms with Crippen molar-refractivity contribution in [1.29, 1.82) is 5.41 Å². The summed E-state index contributed by atoms with van der Waals surface area (Å²) in [6.45, 7) is 0. The molecule has 0 aliphatic rings. The Bertz CT molecular complexity index is 649. The Balaban J connectivity index is 2.36. The number of hydrogen-bond acceptors (Lipinski definition) is 3. The van der Waals surface area contributed by atoms with Crippen LogP contribution in [0.4, 0.5) is 8.78 Å². The van der Waals surface area contributed by atoms with E-state index >= 15 is 0 Å². The van der Waals surface area contributed by atoms with Crippen LogP contribution in [0.2, 0.25) is 0 Å². The third-order valence-corrected chi connectivity index (χ3v) is 2.63. The van der Waals surface area contributed by atoms with Crippen molar-refractivity contribution in [3.63, 3.8) is 0 Å². The number of nitrogens with two attached hydrogens (primary N) is 1. The number of hydrogen-bond donors (Lipinski definition) is 2. The molecular weight excluding hydrogens is 320 g/mol. The first-order chi connectivity index (χ1) is 8.97. The minimum Gasteiger partial charge on any atom is -0.436 e. The zero-order chi connectivity index (χ0) is 14.0. The highest BCUT2D eigenvalue weighted by molar-refractivity contribution is 9.10. The lowest BCUT2D eigenvalue weighted by Crippen LogP contribution is -2.13.